The standard InChI is InChI=1S/C22H27ClN4O3/c23-16-7-10-19-15(11-16)12-26(22(28)29)13-20-24-25-21(27(19)20)14-5-8-18(9-6-14)30-17-3-1-2-4-17/h7,10-11,14,17-18H,1-6,8-9,12-13H2,(H,28,29). The van der Waals surface area contributed by atoms with Gasteiger partial charge >= 0.3 is 6.09 Å². The highest BCUT2D eigenvalue weighted by Gasteiger charge is 2.32. The average molecular weight is 431 g/mol. The number of carbonyl (C=O) groups is 1. The number of benzene rings is 1. The van der Waals surface area contributed by atoms with Crippen LogP contribution in [0.5, 0.6) is 0 Å². The number of fused-ring (bicyclic) bond motifs is 3. The van der Waals surface area contributed by atoms with E-state index in [1.54, 1.807) is 0 Å². The molecular weight excluding hydrogens is 404 g/mol. The number of ether oxygens (including phenoxy) is 1. The van der Waals surface area contributed by atoms with Crippen LogP contribution in [0.2, 0.25) is 5.02 Å². The number of carboxylic acid groups (broad SMARTS) is 1. The minimum Gasteiger partial charge on any atom is -0.465 e. The smallest absolute Gasteiger partial charge is 0.408 e. The second-order valence-corrected chi connectivity index (χ2v) is 9.17. The van der Waals surface area contributed by atoms with Crippen LogP contribution in [0, 0.1) is 0 Å². The fourth-order valence-electron chi connectivity index (χ4n) is 5.18. The molecule has 2 saturated carbocycles. The van der Waals surface area contributed by atoms with Crippen molar-refractivity contribution in [2.24, 2.45) is 0 Å². The molecule has 1 amide bonds. The highest BCUT2D eigenvalue weighted by atomic mass is 35.5. The van der Waals surface area contributed by atoms with E-state index in [1.165, 1.54) is 30.6 Å². The molecule has 160 valence electrons. The lowest BCUT2D eigenvalue weighted by Crippen LogP contribution is -2.28. The molecule has 2 aromatic rings. The average Bonchev–Trinajstić information content (AvgIpc) is 3.35. The summed E-state index contributed by atoms with van der Waals surface area (Å²) in [4.78, 5) is 13.1. The largest absolute Gasteiger partial charge is 0.465 e. The van der Waals surface area contributed by atoms with Crippen molar-refractivity contribution in [2.75, 3.05) is 0 Å². The number of amides is 1. The Morgan fingerprint density at radius 3 is 2.50 bits per heavy atom. The van der Waals surface area contributed by atoms with Gasteiger partial charge in [-0.05, 0) is 62.3 Å². The van der Waals surface area contributed by atoms with Crippen LogP contribution < -0.4 is 0 Å². The second kappa shape index (κ2) is 8.19. The second-order valence-electron chi connectivity index (χ2n) is 8.74. The van der Waals surface area contributed by atoms with Crippen molar-refractivity contribution in [1.82, 2.24) is 19.7 Å². The first kappa shape index (κ1) is 19.8. The summed E-state index contributed by atoms with van der Waals surface area (Å²) in [6, 6.07) is 5.64. The first-order chi connectivity index (χ1) is 14.6. The molecular formula is C22H27ClN4O3. The molecule has 2 aliphatic carbocycles. The molecule has 2 heterocycles. The van der Waals surface area contributed by atoms with Crippen LogP contribution in [-0.4, -0.2) is 43.1 Å². The Bertz CT molecular complexity index is 932. The Hall–Kier alpha value is -2.12. The van der Waals surface area contributed by atoms with Gasteiger partial charge in [-0.25, -0.2) is 4.79 Å². The van der Waals surface area contributed by atoms with E-state index >= 15 is 0 Å². The maximum absolute atomic E-state index is 11.7. The van der Waals surface area contributed by atoms with E-state index in [-0.39, 0.29) is 13.1 Å². The Kier molecular flexibility index (Phi) is 5.41. The zero-order chi connectivity index (χ0) is 20.7. The minimum absolute atomic E-state index is 0.217. The van der Waals surface area contributed by atoms with Gasteiger partial charge in [-0.3, -0.25) is 9.47 Å². The third-order valence-corrected chi connectivity index (χ3v) is 6.96. The molecule has 1 aromatic carbocycles. The van der Waals surface area contributed by atoms with Crippen LogP contribution >= 0.6 is 11.6 Å². The van der Waals surface area contributed by atoms with E-state index in [4.69, 9.17) is 16.3 Å². The molecule has 0 radical (unpaired) electrons. The van der Waals surface area contributed by atoms with E-state index in [0.29, 0.717) is 29.0 Å². The minimum atomic E-state index is -0.969. The Labute approximate surface area is 181 Å². The normalized spacial score (nSPS) is 24.4. The Morgan fingerprint density at radius 2 is 1.77 bits per heavy atom. The maximum Gasteiger partial charge on any atom is 0.408 e. The summed E-state index contributed by atoms with van der Waals surface area (Å²) in [5.41, 5.74) is 1.81. The van der Waals surface area contributed by atoms with Gasteiger partial charge in [0.1, 0.15) is 5.82 Å². The van der Waals surface area contributed by atoms with Crippen LogP contribution in [0.15, 0.2) is 18.2 Å². The molecule has 5 rings (SSSR count). The third kappa shape index (κ3) is 3.81. The summed E-state index contributed by atoms with van der Waals surface area (Å²) in [6.45, 7) is 0.505. The van der Waals surface area contributed by atoms with Crippen LogP contribution in [0.3, 0.4) is 0 Å². The van der Waals surface area contributed by atoms with Gasteiger partial charge in [0.2, 0.25) is 0 Å². The van der Waals surface area contributed by atoms with E-state index in [0.717, 1.165) is 42.8 Å². The van der Waals surface area contributed by atoms with E-state index in [1.807, 2.05) is 18.2 Å². The van der Waals surface area contributed by atoms with Crippen molar-refractivity contribution in [2.45, 2.75) is 82.6 Å². The lowest BCUT2D eigenvalue weighted by Gasteiger charge is -2.30. The summed E-state index contributed by atoms with van der Waals surface area (Å²) >= 11 is 6.21. The van der Waals surface area contributed by atoms with Gasteiger partial charge in [-0.2, -0.15) is 0 Å². The van der Waals surface area contributed by atoms with Crippen molar-refractivity contribution < 1.29 is 14.6 Å². The van der Waals surface area contributed by atoms with Crippen LogP contribution in [0.1, 0.15) is 74.5 Å². The number of nitrogens with zero attached hydrogens (tertiary/aromatic N) is 4. The van der Waals surface area contributed by atoms with Crippen molar-refractivity contribution in [1.29, 1.82) is 0 Å². The molecule has 2 fully saturated rings. The highest BCUT2D eigenvalue weighted by molar-refractivity contribution is 6.30. The molecule has 0 atom stereocenters. The van der Waals surface area contributed by atoms with Crippen LogP contribution in [0.4, 0.5) is 4.79 Å². The number of rotatable bonds is 3. The van der Waals surface area contributed by atoms with Gasteiger partial charge < -0.3 is 9.84 Å². The summed E-state index contributed by atoms with van der Waals surface area (Å²) in [7, 11) is 0. The van der Waals surface area contributed by atoms with Gasteiger partial charge in [-0.1, -0.05) is 24.4 Å². The van der Waals surface area contributed by atoms with Crippen LogP contribution in [0.25, 0.3) is 5.69 Å². The third-order valence-electron chi connectivity index (χ3n) is 6.73. The van der Waals surface area contributed by atoms with Crippen molar-refractivity contribution in [3.63, 3.8) is 0 Å². The lowest BCUT2D eigenvalue weighted by atomic mass is 9.86. The maximum atomic E-state index is 11.7. The highest BCUT2D eigenvalue weighted by Crippen LogP contribution is 2.38. The number of hydrogen-bond acceptors (Lipinski definition) is 4. The van der Waals surface area contributed by atoms with E-state index in [9.17, 15) is 9.90 Å². The Morgan fingerprint density at radius 1 is 1.03 bits per heavy atom. The number of aromatic nitrogens is 3. The van der Waals surface area contributed by atoms with Crippen LogP contribution in [-0.2, 0) is 17.8 Å². The molecule has 1 aromatic heterocycles. The molecule has 30 heavy (non-hydrogen) atoms. The van der Waals surface area contributed by atoms with Gasteiger partial charge in [-0.15, -0.1) is 10.2 Å². The molecule has 8 heteroatoms. The fourth-order valence-corrected chi connectivity index (χ4v) is 5.37. The van der Waals surface area contributed by atoms with Gasteiger partial charge in [0.25, 0.3) is 0 Å². The predicted octanol–water partition coefficient (Wildman–Crippen LogP) is 4.90. The molecule has 7 nitrogen and oxygen atoms in total. The van der Waals surface area contributed by atoms with Gasteiger partial charge in [0.15, 0.2) is 5.82 Å². The van der Waals surface area contributed by atoms with Gasteiger partial charge in [0, 0.05) is 10.9 Å². The molecule has 0 spiro atoms. The lowest BCUT2D eigenvalue weighted by molar-refractivity contribution is -0.0288. The Balaban J connectivity index is 1.40. The first-order valence-electron chi connectivity index (χ1n) is 10.9. The summed E-state index contributed by atoms with van der Waals surface area (Å²) in [5.74, 6) is 1.90. The molecule has 1 aliphatic heterocycles. The molecule has 0 saturated heterocycles. The molecule has 3 aliphatic rings. The summed E-state index contributed by atoms with van der Waals surface area (Å²) in [6.07, 6.45) is 8.94. The van der Waals surface area contributed by atoms with Crippen molar-refractivity contribution in [3.8, 4) is 5.69 Å². The molecule has 0 unspecified atom stereocenters. The SMILES string of the molecule is O=C(O)N1Cc2cc(Cl)ccc2-n2c(nnc2C2CCC(OC3CCCC3)CC2)C1. The number of hydrogen-bond donors (Lipinski definition) is 1. The van der Waals surface area contributed by atoms with E-state index < -0.39 is 6.09 Å². The predicted molar refractivity (Wildman–Crippen MR) is 112 cm³/mol. The van der Waals surface area contributed by atoms with E-state index in [2.05, 4.69) is 14.8 Å². The fraction of sp³-hybridized carbons (Fsp3) is 0.591. The topological polar surface area (TPSA) is 80.5 Å². The summed E-state index contributed by atoms with van der Waals surface area (Å²) in [5, 5.41) is 19.1. The summed E-state index contributed by atoms with van der Waals surface area (Å²) < 4.78 is 8.40. The molecule has 1 N–H and O–H groups in total. The zero-order valence-corrected chi connectivity index (χ0v) is 17.7. The quantitative estimate of drug-likeness (QED) is 0.749. The van der Waals surface area contributed by atoms with Crippen molar-refractivity contribution >= 4 is 17.7 Å². The number of halogens is 1. The molecule has 0 bridgehead atoms. The van der Waals surface area contributed by atoms with Gasteiger partial charge in [0.05, 0.1) is 31.0 Å². The monoisotopic (exact) mass is 430 g/mol. The van der Waals surface area contributed by atoms with Crippen molar-refractivity contribution in [3.05, 3.63) is 40.4 Å². The first-order valence-corrected chi connectivity index (χ1v) is 11.3. The zero-order valence-electron chi connectivity index (χ0n) is 17.0.